The van der Waals surface area contributed by atoms with Gasteiger partial charge in [0.15, 0.2) is 0 Å². The van der Waals surface area contributed by atoms with Crippen LogP contribution >= 0.6 is 0 Å². The monoisotopic (exact) mass is 133 g/mol. The Bertz CT molecular complexity index is 243. The average molecular weight is 133 g/mol. The summed E-state index contributed by atoms with van der Waals surface area (Å²) in [4.78, 5) is 0. The minimum Gasteiger partial charge on any atom is -0.465 e. The van der Waals surface area contributed by atoms with E-state index in [2.05, 4.69) is 12.8 Å². The minimum atomic E-state index is 0.552. The second-order valence-corrected chi connectivity index (χ2v) is 2.18. The van der Waals surface area contributed by atoms with Crippen molar-refractivity contribution in [2.24, 2.45) is 0 Å². The third-order valence-corrected chi connectivity index (χ3v) is 1.35. The lowest BCUT2D eigenvalue weighted by molar-refractivity contribution is 0.495. The summed E-state index contributed by atoms with van der Waals surface area (Å²) < 4.78 is 5.25. The minimum absolute atomic E-state index is 0.552. The highest BCUT2D eigenvalue weighted by Gasteiger charge is 2.00. The van der Waals surface area contributed by atoms with Crippen molar-refractivity contribution in [1.29, 1.82) is 0 Å². The first-order chi connectivity index (χ1) is 4.74. The van der Waals surface area contributed by atoms with Gasteiger partial charge in [0.1, 0.15) is 11.5 Å². The Kier molecular flexibility index (Phi) is 1.82. The molecule has 0 aliphatic carbocycles. The fraction of sp³-hybridized carbons (Fsp3) is 0.222. The molecule has 1 aromatic rings. The molecule has 10 heavy (non-hydrogen) atoms. The summed E-state index contributed by atoms with van der Waals surface area (Å²) in [7, 11) is 0. The molecule has 0 aliphatic heterocycles. The van der Waals surface area contributed by atoms with Crippen molar-refractivity contribution in [2.75, 3.05) is 0 Å². The fourth-order valence-electron chi connectivity index (χ4n) is 0.775. The summed E-state index contributed by atoms with van der Waals surface area (Å²) >= 11 is 0. The van der Waals surface area contributed by atoms with Crippen LogP contribution < -0.4 is 0 Å². The highest BCUT2D eigenvalue weighted by Crippen LogP contribution is 2.12. The summed E-state index contributed by atoms with van der Waals surface area (Å²) in [6.45, 7) is 5.64. The molecule has 1 aromatic heterocycles. The van der Waals surface area contributed by atoms with E-state index in [4.69, 9.17) is 10.8 Å². The molecule has 0 spiro atoms. The number of furan rings is 1. The molecule has 0 amide bonds. The Hall–Kier alpha value is -1.16. The SMILES string of the molecule is C#CCc1cc([CH2])c(C)o1. The standard InChI is InChI=1S/C9H9O/c1-4-5-9-6-7(2)8(3)10-9/h1,6H,2,5H2,3H3. The molecule has 0 N–H and O–H groups in total. The van der Waals surface area contributed by atoms with Crippen LogP contribution in [0.2, 0.25) is 0 Å². The zero-order valence-electron chi connectivity index (χ0n) is 5.98. The number of terminal acetylenes is 1. The summed E-state index contributed by atoms with van der Waals surface area (Å²) in [5.41, 5.74) is 0.922. The van der Waals surface area contributed by atoms with Crippen LogP contribution in [0.25, 0.3) is 0 Å². The van der Waals surface area contributed by atoms with Crippen LogP contribution in [-0.4, -0.2) is 0 Å². The lowest BCUT2D eigenvalue weighted by Crippen LogP contribution is -1.71. The molecule has 0 unspecified atom stereocenters. The van der Waals surface area contributed by atoms with E-state index >= 15 is 0 Å². The molecular formula is C9H9O. The predicted molar refractivity (Wildman–Crippen MR) is 40.4 cm³/mol. The van der Waals surface area contributed by atoms with Crippen LogP contribution in [0.1, 0.15) is 17.1 Å². The molecule has 51 valence electrons. The molecule has 0 saturated heterocycles. The van der Waals surface area contributed by atoms with Crippen LogP contribution in [0.3, 0.4) is 0 Å². The first-order valence-corrected chi connectivity index (χ1v) is 3.08. The van der Waals surface area contributed by atoms with Crippen molar-refractivity contribution >= 4 is 0 Å². The largest absolute Gasteiger partial charge is 0.465 e. The Morgan fingerprint density at radius 2 is 2.50 bits per heavy atom. The molecule has 1 radical (unpaired) electrons. The summed E-state index contributed by atoms with van der Waals surface area (Å²) in [5, 5.41) is 0. The van der Waals surface area contributed by atoms with Gasteiger partial charge in [0.05, 0.1) is 6.42 Å². The molecular weight excluding hydrogens is 124 g/mol. The fourth-order valence-corrected chi connectivity index (χ4v) is 0.775. The van der Waals surface area contributed by atoms with Crippen molar-refractivity contribution in [3.63, 3.8) is 0 Å². The lowest BCUT2D eigenvalue weighted by Gasteiger charge is -1.83. The van der Waals surface area contributed by atoms with Gasteiger partial charge in [-0.1, -0.05) is 5.92 Å². The van der Waals surface area contributed by atoms with Crippen LogP contribution in [0, 0.1) is 26.2 Å². The van der Waals surface area contributed by atoms with Crippen LogP contribution in [0.5, 0.6) is 0 Å². The number of aryl methyl sites for hydroxylation is 1. The van der Waals surface area contributed by atoms with Gasteiger partial charge in [-0.25, -0.2) is 0 Å². The van der Waals surface area contributed by atoms with E-state index in [9.17, 15) is 0 Å². The Morgan fingerprint density at radius 1 is 1.80 bits per heavy atom. The van der Waals surface area contributed by atoms with E-state index in [0.717, 1.165) is 17.1 Å². The summed E-state index contributed by atoms with van der Waals surface area (Å²) in [5.74, 6) is 4.18. The average Bonchev–Trinajstić information content (AvgIpc) is 2.14. The summed E-state index contributed by atoms with van der Waals surface area (Å²) in [6.07, 6.45) is 5.64. The number of hydrogen-bond acceptors (Lipinski definition) is 1. The summed E-state index contributed by atoms with van der Waals surface area (Å²) in [6, 6.07) is 1.87. The lowest BCUT2D eigenvalue weighted by atomic mass is 10.2. The van der Waals surface area contributed by atoms with E-state index < -0.39 is 0 Å². The van der Waals surface area contributed by atoms with Crippen molar-refractivity contribution in [3.05, 3.63) is 30.1 Å². The van der Waals surface area contributed by atoms with Gasteiger partial charge in [-0.3, -0.25) is 0 Å². The van der Waals surface area contributed by atoms with E-state index in [1.165, 1.54) is 0 Å². The van der Waals surface area contributed by atoms with Crippen molar-refractivity contribution in [2.45, 2.75) is 13.3 Å². The van der Waals surface area contributed by atoms with Crippen LogP contribution in [0.15, 0.2) is 10.5 Å². The normalized spacial score (nSPS) is 9.30. The third-order valence-electron chi connectivity index (χ3n) is 1.35. The Morgan fingerprint density at radius 3 is 2.90 bits per heavy atom. The topological polar surface area (TPSA) is 13.1 Å². The van der Waals surface area contributed by atoms with Gasteiger partial charge < -0.3 is 4.42 Å². The van der Waals surface area contributed by atoms with E-state index in [1.54, 1.807) is 0 Å². The zero-order valence-corrected chi connectivity index (χ0v) is 5.98. The van der Waals surface area contributed by atoms with Crippen LogP contribution in [0.4, 0.5) is 0 Å². The highest BCUT2D eigenvalue weighted by atomic mass is 16.3. The van der Waals surface area contributed by atoms with Gasteiger partial charge in [-0.2, -0.15) is 0 Å². The molecule has 0 aliphatic rings. The van der Waals surface area contributed by atoms with Gasteiger partial charge in [0.2, 0.25) is 0 Å². The van der Waals surface area contributed by atoms with Crippen molar-refractivity contribution in [3.8, 4) is 12.3 Å². The maximum Gasteiger partial charge on any atom is 0.116 e. The van der Waals surface area contributed by atoms with E-state index in [0.29, 0.717) is 6.42 Å². The molecule has 1 nitrogen and oxygen atoms in total. The van der Waals surface area contributed by atoms with E-state index in [-0.39, 0.29) is 0 Å². The smallest absolute Gasteiger partial charge is 0.116 e. The molecule has 0 saturated carbocycles. The molecule has 1 rings (SSSR count). The van der Waals surface area contributed by atoms with Gasteiger partial charge >= 0.3 is 0 Å². The maximum absolute atomic E-state index is 5.25. The van der Waals surface area contributed by atoms with Gasteiger partial charge in [-0.15, -0.1) is 6.42 Å². The second-order valence-electron chi connectivity index (χ2n) is 2.18. The predicted octanol–water partition coefficient (Wildman–Crippen LogP) is 1.95. The second kappa shape index (κ2) is 2.62. The Labute approximate surface area is 61.0 Å². The Balaban J connectivity index is 2.90. The highest BCUT2D eigenvalue weighted by molar-refractivity contribution is 5.24. The van der Waals surface area contributed by atoms with Gasteiger partial charge in [0, 0.05) is 0 Å². The molecule has 1 heterocycles. The first-order valence-electron chi connectivity index (χ1n) is 3.08. The quantitative estimate of drug-likeness (QED) is 0.533. The van der Waals surface area contributed by atoms with Crippen LogP contribution in [-0.2, 0) is 6.42 Å². The molecule has 0 atom stereocenters. The van der Waals surface area contributed by atoms with Gasteiger partial charge in [0.25, 0.3) is 0 Å². The zero-order chi connectivity index (χ0) is 7.56. The molecule has 0 aromatic carbocycles. The number of rotatable bonds is 1. The van der Waals surface area contributed by atoms with Crippen molar-refractivity contribution < 1.29 is 4.42 Å². The molecule has 1 heteroatoms. The third kappa shape index (κ3) is 1.22. The van der Waals surface area contributed by atoms with Gasteiger partial charge in [-0.05, 0) is 25.5 Å². The molecule has 0 fully saturated rings. The maximum atomic E-state index is 5.25. The first kappa shape index (κ1) is 6.95. The van der Waals surface area contributed by atoms with E-state index in [1.807, 2.05) is 13.0 Å². The van der Waals surface area contributed by atoms with Crippen molar-refractivity contribution in [1.82, 2.24) is 0 Å². The molecule has 0 bridgehead atoms. The number of hydrogen-bond donors (Lipinski definition) is 0.